The number of carbonyl (C=O) groups is 1. The monoisotopic (exact) mass is 235 g/mol. The van der Waals surface area contributed by atoms with Crippen LogP contribution in [0.25, 0.3) is 0 Å². The number of carbonyl (C=O) groups excluding carboxylic acids is 1. The van der Waals surface area contributed by atoms with Gasteiger partial charge in [-0.1, -0.05) is 42.5 Å². The minimum atomic E-state index is 0.0949. The standard InChI is InChI=1S/C13H17NOS/c1-3-14(4-2)13(16)10-12(15)11-8-6-5-7-9-11/h5-9H,3-4,10H2,1-2H3. The quantitative estimate of drug-likeness (QED) is 0.578. The molecule has 0 fully saturated rings. The summed E-state index contributed by atoms with van der Waals surface area (Å²) in [5.41, 5.74) is 0.733. The number of ketones is 1. The Morgan fingerprint density at radius 3 is 2.25 bits per heavy atom. The fourth-order valence-electron chi connectivity index (χ4n) is 1.55. The Bertz CT molecular complexity index is 357. The lowest BCUT2D eigenvalue weighted by Crippen LogP contribution is -2.30. The van der Waals surface area contributed by atoms with Crippen molar-refractivity contribution in [3.8, 4) is 0 Å². The van der Waals surface area contributed by atoms with Gasteiger partial charge in [-0.2, -0.15) is 0 Å². The highest BCUT2D eigenvalue weighted by Crippen LogP contribution is 2.06. The molecule has 0 aliphatic rings. The van der Waals surface area contributed by atoms with Crippen LogP contribution in [0.4, 0.5) is 0 Å². The first-order chi connectivity index (χ1) is 7.69. The predicted octanol–water partition coefficient (Wildman–Crippen LogP) is 2.93. The number of Topliss-reactive ketones (excluding diaryl/α,β-unsaturated/α-hetero) is 1. The van der Waals surface area contributed by atoms with Gasteiger partial charge < -0.3 is 4.90 Å². The number of rotatable bonds is 5. The summed E-state index contributed by atoms with van der Waals surface area (Å²) in [4.78, 5) is 14.7. The third-order valence-corrected chi connectivity index (χ3v) is 2.93. The van der Waals surface area contributed by atoms with Crippen LogP contribution in [0.15, 0.2) is 30.3 Å². The van der Waals surface area contributed by atoms with Crippen molar-refractivity contribution in [3.63, 3.8) is 0 Å². The zero-order valence-corrected chi connectivity index (χ0v) is 10.6. The summed E-state index contributed by atoms with van der Waals surface area (Å²) >= 11 is 5.26. The van der Waals surface area contributed by atoms with Crippen molar-refractivity contribution in [2.45, 2.75) is 20.3 Å². The minimum Gasteiger partial charge on any atom is -0.366 e. The maximum absolute atomic E-state index is 11.9. The predicted molar refractivity (Wildman–Crippen MR) is 70.9 cm³/mol. The van der Waals surface area contributed by atoms with E-state index in [1.54, 1.807) is 0 Å². The highest BCUT2D eigenvalue weighted by atomic mass is 32.1. The lowest BCUT2D eigenvalue weighted by atomic mass is 10.1. The first-order valence-corrected chi connectivity index (χ1v) is 5.95. The fourth-order valence-corrected chi connectivity index (χ4v) is 1.94. The van der Waals surface area contributed by atoms with Crippen LogP contribution in [0, 0.1) is 0 Å². The van der Waals surface area contributed by atoms with E-state index in [1.165, 1.54) is 0 Å². The summed E-state index contributed by atoms with van der Waals surface area (Å²) in [5.74, 6) is 0.0949. The highest BCUT2D eigenvalue weighted by Gasteiger charge is 2.11. The van der Waals surface area contributed by atoms with Gasteiger partial charge in [-0.25, -0.2) is 0 Å². The van der Waals surface area contributed by atoms with Crippen molar-refractivity contribution < 1.29 is 4.79 Å². The Morgan fingerprint density at radius 2 is 1.75 bits per heavy atom. The molecule has 1 rings (SSSR count). The molecule has 0 aromatic heterocycles. The smallest absolute Gasteiger partial charge is 0.169 e. The van der Waals surface area contributed by atoms with E-state index in [-0.39, 0.29) is 5.78 Å². The number of benzene rings is 1. The first-order valence-electron chi connectivity index (χ1n) is 5.55. The molecule has 2 nitrogen and oxygen atoms in total. The molecule has 0 aliphatic carbocycles. The average Bonchev–Trinajstić information content (AvgIpc) is 2.31. The van der Waals surface area contributed by atoms with Gasteiger partial charge in [0.25, 0.3) is 0 Å². The molecule has 0 amide bonds. The number of nitrogens with zero attached hydrogens (tertiary/aromatic N) is 1. The van der Waals surface area contributed by atoms with Gasteiger partial charge in [0.05, 0.1) is 11.4 Å². The van der Waals surface area contributed by atoms with Crippen LogP contribution in [0.5, 0.6) is 0 Å². The van der Waals surface area contributed by atoms with Gasteiger partial charge >= 0.3 is 0 Å². The van der Waals surface area contributed by atoms with E-state index in [0.29, 0.717) is 6.42 Å². The molecule has 0 saturated carbocycles. The zero-order chi connectivity index (χ0) is 12.0. The summed E-state index contributed by atoms with van der Waals surface area (Å²) in [6.07, 6.45) is 0.334. The van der Waals surface area contributed by atoms with Gasteiger partial charge in [-0.05, 0) is 13.8 Å². The van der Waals surface area contributed by atoms with E-state index in [0.717, 1.165) is 23.6 Å². The maximum atomic E-state index is 11.9. The lowest BCUT2D eigenvalue weighted by Gasteiger charge is -2.21. The lowest BCUT2D eigenvalue weighted by molar-refractivity contribution is 0.0998. The summed E-state index contributed by atoms with van der Waals surface area (Å²) < 4.78 is 0. The third-order valence-electron chi connectivity index (χ3n) is 2.52. The van der Waals surface area contributed by atoms with E-state index in [9.17, 15) is 4.79 Å². The van der Waals surface area contributed by atoms with E-state index < -0.39 is 0 Å². The van der Waals surface area contributed by atoms with Gasteiger partial charge in [-0.15, -0.1) is 0 Å². The topological polar surface area (TPSA) is 20.3 Å². The van der Waals surface area contributed by atoms with Crippen molar-refractivity contribution in [1.29, 1.82) is 0 Å². The van der Waals surface area contributed by atoms with Crippen LogP contribution < -0.4 is 0 Å². The molecule has 0 bridgehead atoms. The van der Waals surface area contributed by atoms with Crippen LogP contribution in [0.2, 0.25) is 0 Å². The third kappa shape index (κ3) is 3.42. The largest absolute Gasteiger partial charge is 0.366 e. The molecule has 0 radical (unpaired) electrons. The average molecular weight is 235 g/mol. The molecule has 0 atom stereocenters. The molecule has 0 aliphatic heterocycles. The highest BCUT2D eigenvalue weighted by molar-refractivity contribution is 7.80. The Kier molecular flexibility index (Phi) is 5.12. The molecular formula is C13H17NOS. The second-order valence-electron chi connectivity index (χ2n) is 3.53. The van der Waals surface area contributed by atoms with Crippen molar-refractivity contribution in [2.24, 2.45) is 0 Å². The van der Waals surface area contributed by atoms with Gasteiger partial charge in [0, 0.05) is 18.7 Å². The molecule has 0 spiro atoms. The normalized spacial score (nSPS) is 9.88. The SMILES string of the molecule is CCN(CC)C(=S)CC(=O)c1ccccc1. The second-order valence-corrected chi connectivity index (χ2v) is 4.00. The van der Waals surface area contributed by atoms with Crippen LogP contribution >= 0.6 is 12.2 Å². The Labute approximate surface area is 102 Å². The zero-order valence-electron chi connectivity index (χ0n) is 9.77. The minimum absolute atomic E-state index is 0.0949. The van der Waals surface area contributed by atoms with Crippen molar-refractivity contribution >= 4 is 23.0 Å². The van der Waals surface area contributed by atoms with Crippen molar-refractivity contribution in [3.05, 3.63) is 35.9 Å². The molecule has 3 heteroatoms. The summed E-state index contributed by atoms with van der Waals surface area (Å²) in [7, 11) is 0. The molecular weight excluding hydrogens is 218 g/mol. The van der Waals surface area contributed by atoms with Gasteiger partial charge in [0.2, 0.25) is 0 Å². The molecule has 1 aromatic carbocycles. The molecule has 1 aromatic rings. The van der Waals surface area contributed by atoms with E-state index >= 15 is 0 Å². The van der Waals surface area contributed by atoms with E-state index in [4.69, 9.17) is 12.2 Å². The van der Waals surface area contributed by atoms with Crippen LogP contribution in [0.1, 0.15) is 30.6 Å². The fraction of sp³-hybridized carbons (Fsp3) is 0.385. The number of hydrogen-bond donors (Lipinski definition) is 0. The molecule has 0 heterocycles. The first kappa shape index (κ1) is 12.8. The Hall–Kier alpha value is -1.22. The molecule has 86 valence electrons. The molecule has 0 unspecified atom stereocenters. The number of hydrogen-bond acceptors (Lipinski definition) is 2. The van der Waals surface area contributed by atoms with E-state index in [2.05, 4.69) is 0 Å². The Balaban J connectivity index is 2.62. The van der Waals surface area contributed by atoms with Crippen LogP contribution in [0.3, 0.4) is 0 Å². The van der Waals surface area contributed by atoms with Gasteiger partial charge in [0.15, 0.2) is 5.78 Å². The van der Waals surface area contributed by atoms with E-state index in [1.807, 2.05) is 49.1 Å². The Morgan fingerprint density at radius 1 is 1.19 bits per heavy atom. The van der Waals surface area contributed by atoms with Crippen LogP contribution in [-0.2, 0) is 0 Å². The second kappa shape index (κ2) is 6.38. The summed E-state index contributed by atoms with van der Waals surface area (Å²) in [6, 6.07) is 9.29. The van der Waals surface area contributed by atoms with Crippen molar-refractivity contribution in [1.82, 2.24) is 4.90 Å². The summed E-state index contributed by atoms with van der Waals surface area (Å²) in [6.45, 7) is 5.81. The van der Waals surface area contributed by atoms with Gasteiger partial charge in [0.1, 0.15) is 0 Å². The van der Waals surface area contributed by atoms with Crippen LogP contribution in [-0.4, -0.2) is 28.8 Å². The van der Waals surface area contributed by atoms with Gasteiger partial charge in [-0.3, -0.25) is 4.79 Å². The van der Waals surface area contributed by atoms with Crippen molar-refractivity contribution in [2.75, 3.05) is 13.1 Å². The molecule has 0 N–H and O–H groups in total. The molecule has 16 heavy (non-hydrogen) atoms. The number of thiocarbonyl (C=S) groups is 1. The molecule has 0 saturated heterocycles. The summed E-state index contributed by atoms with van der Waals surface area (Å²) in [5, 5.41) is 0. The maximum Gasteiger partial charge on any atom is 0.169 e.